The quantitative estimate of drug-likeness (QED) is 0.708. The van der Waals surface area contributed by atoms with Crippen LogP contribution in [0, 0.1) is 6.92 Å². The Morgan fingerprint density at radius 1 is 1.04 bits per heavy atom. The van der Waals surface area contributed by atoms with Crippen LogP contribution >= 0.6 is 0 Å². The van der Waals surface area contributed by atoms with Gasteiger partial charge in [0.05, 0.1) is 17.1 Å². The van der Waals surface area contributed by atoms with E-state index in [9.17, 15) is 0 Å². The van der Waals surface area contributed by atoms with Crippen molar-refractivity contribution < 1.29 is 18.9 Å². The van der Waals surface area contributed by atoms with Gasteiger partial charge < -0.3 is 23.9 Å². The number of fused-ring (bicyclic) bond motifs is 1. The lowest BCUT2D eigenvalue weighted by Crippen LogP contribution is -2.05. The molecular weight excluding hydrogens is 334 g/mol. The number of ether oxygens (including phenoxy) is 4. The fraction of sp³-hybridized carbons (Fsp3) is 0.263. The highest BCUT2D eigenvalue weighted by molar-refractivity contribution is 5.78. The zero-order valence-corrected chi connectivity index (χ0v) is 14.8. The van der Waals surface area contributed by atoms with Crippen molar-refractivity contribution >= 4 is 0 Å². The topological polar surface area (TPSA) is 78.5 Å². The van der Waals surface area contributed by atoms with Crippen LogP contribution in [0.3, 0.4) is 0 Å². The molecule has 0 fully saturated rings. The fourth-order valence-electron chi connectivity index (χ4n) is 2.94. The average molecular weight is 353 g/mol. The number of aryl methyl sites for hydroxylation is 1. The van der Waals surface area contributed by atoms with Gasteiger partial charge in [-0.15, -0.1) is 0 Å². The maximum Gasteiger partial charge on any atom is 0.231 e. The molecule has 0 amide bonds. The standard InChI is InChI=1S/C19H19N3O4/c1-11-5-4-6-13(20-11)17-16(21-18(22-17)19(23-2)24-3)12-7-8-14-15(9-12)26-10-25-14/h4-9,19H,10H2,1-3H3,(H,21,22). The molecule has 0 spiro atoms. The maximum atomic E-state index is 5.50. The fourth-order valence-corrected chi connectivity index (χ4v) is 2.94. The molecule has 1 aliphatic heterocycles. The van der Waals surface area contributed by atoms with E-state index in [1.807, 2.05) is 43.3 Å². The molecule has 3 heterocycles. The smallest absolute Gasteiger partial charge is 0.231 e. The Morgan fingerprint density at radius 3 is 2.62 bits per heavy atom. The Bertz CT molecular complexity index is 934. The molecule has 0 unspecified atom stereocenters. The number of benzene rings is 1. The molecule has 4 rings (SSSR count). The lowest BCUT2D eigenvalue weighted by atomic mass is 10.1. The Hall–Kier alpha value is -2.90. The minimum Gasteiger partial charge on any atom is -0.454 e. The summed E-state index contributed by atoms with van der Waals surface area (Å²) in [5.74, 6) is 2.00. The van der Waals surface area contributed by atoms with E-state index in [4.69, 9.17) is 23.9 Å². The Kier molecular flexibility index (Phi) is 4.32. The summed E-state index contributed by atoms with van der Waals surface area (Å²) < 4.78 is 21.6. The number of pyridine rings is 1. The van der Waals surface area contributed by atoms with Gasteiger partial charge in [-0.1, -0.05) is 6.07 Å². The van der Waals surface area contributed by atoms with Gasteiger partial charge in [-0.3, -0.25) is 4.98 Å². The van der Waals surface area contributed by atoms with Gasteiger partial charge in [0.2, 0.25) is 13.1 Å². The number of H-pyrrole nitrogens is 1. The molecular formula is C19H19N3O4. The van der Waals surface area contributed by atoms with Gasteiger partial charge in [-0.05, 0) is 37.3 Å². The Labute approximate surface area is 150 Å². The molecule has 1 aromatic carbocycles. The van der Waals surface area contributed by atoms with E-state index in [-0.39, 0.29) is 6.79 Å². The van der Waals surface area contributed by atoms with Crippen LogP contribution in [-0.4, -0.2) is 36.0 Å². The van der Waals surface area contributed by atoms with Crippen LogP contribution in [0.1, 0.15) is 17.8 Å². The predicted octanol–water partition coefficient (Wildman–Crippen LogP) is 3.47. The third-order valence-electron chi connectivity index (χ3n) is 4.16. The van der Waals surface area contributed by atoms with Gasteiger partial charge in [-0.2, -0.15) is 0 Å². The van der Waals surface area contributed by atoms with Crippen molar-refractivity contribution in [1.29, 1.82) is 0 Å². The highest BCUT2D eigenvalue weighted by atomic mass is 16.7. The first-order valence-electron chi connectivity index (χ1n) is 8.19. The number of nitrogens with zero attached hydrogens (tertiary/aromatic N) is 2. The number of imidazole rings is 1. The van der Waals surface area contributed by atoms with Crippen LogP contribution in [0.4, 0.5) is 0 Å². The van der Waals surface area contributed by atoms with Crippen LogP contribution in [0.5, 0.6) is 11.5 Å². The van der Waals surface area contributed by atoms with Crippen LogP contribution in [0.2, 0.25) is 0 Å². The largest absolute Gasteiger partial charge is 0.454 e. The van der Waals surface area contributed by atoms with E-state index < -0.39 is 6.29 Å². The molecule has 0 atom stereocenters. The molecule has 7 heteroatoms. The minimum absolute atomic E-state index is 0.228. The maximum absolute atomic E-state index is 5.50. The van der Waals surface area contributed by atoms with Gasteiger partial charge in [-0.25, -0.2) is 4.98 Å². The van der Waals surface area contributed by atoms with Gasteiger partial charge in [0, 0.05) is 25.5 Å². The zero-order chi connectivity index (χ0) is 18.1. The average Bonchev–Trinajstić information content (AvgIpc) is 3.29. The lowest BCUT2D eigenvalue weighted by molar-refractivity contribution is -0.111. The monoisotopic (exact) mass is 353 g/mol. The molecule has 7 nitrogen and oxygen atoms in total. The van der Waals surface area contributed by atoms with Crippen molar-refractivity contribution in [2.45, 2.75) is 13.2 Å². The highest BCUT2D eigenvalue weighted by Gasteiger charge is 2.22. The summed E-state index contributed by atoms with van der Waals surface area (Å²) >= 11 is 0. The van der Waals surface area contributed by atoms with Crippen molar-refractivity contribution in [3.63, 3.8) is 0 Å². The SMILES string of the molecule is COC(OC)c1nc(-c2ccc3c(c2)OCO3)c(-c2cccc(C)n2)[nH]1. The Morgan fingerprint density at radius 2 is 1.85 bits per heavy atom. The third-order valence-corrected chi connectivity index (χ3v) is 4.16. The van der Waals surface area contributed by atoms with Gasteiger partial charge in [0.15, 0.2) is 17.3 Å². The van der Waals surface area contributed by atoms with Crippen LogP contribution < -0.4 is 9.47 Å². The summed E-state index contributed by atoms with van der Waals surface area (Å²) in [5, 5.41) is 0. The molecule has 1 aliphatic rings. The van der Waals surface area contributed by atoms with E-state index in [0.29, 0.717) is 11.6 Å². The second-order valence-corrected chi connectivity index (χ2v) is 5.88. The molecule has 2 aromatic heterocycles. The van der Waals surface area contributed by atoms with Crippen LogP contribution in [0.15, 0.2) is 36.4 Å². The number of methoxy groups -OCH3 is 2. The molecule has 1 N–H and O–H groups in total. The summed E-state index contributed by atoms with van der Waals surface area (Å²) in [6, 6.07) is 11.6. The number of hydrogen-bond donors (Lipinski definition) is 1. The summed E-state index contributed by atoms with van der Waals surface area (Å²) in [4.78, 5) is 12.6. The molecule has 0 bridgehead atoms. The molecule has 3 aromatic rings. The minimum atomic E-state index is -0.596. The molecule has 134 valence electrons. The summed E-state index contributed by atoms with van der Waals surface area (Å²) in [6.45, 7) is 2.18. The molecule has 0 aliphatic carbocycles. The predicted molar refractivity (Wildman–Crippen MR) is 94.9 cm³/mol. The van der Waals surface area contributed by atoms with E-state index in [0.717, 1.165) is 34.1 Å². The first-order valence-corrected chi connectivity index (χ1v) is 8.19. The number of rotatable bonds is 5. The van der Waals surface area contributed by atoms with Crippen molar-refractivity contribution in [1.82, 2.24) is 15.0 Å². The summed E-state index contributed by atoms with van der Waals surface area (Å²) in [7, 11) is 3.14. The van der Waals surface area contributed by atoms with Gasteiger partial charge in [0.1, 0.15) is 0 Å². The third kappa shape index (κ3) is 2.91. The van der Waals surface area contributed by atoms with Crippen LogP contribution in [0.25, 0.3) is 22.6 Å². The zero-order valence-electron chi connectivity index (χ0n) is 14.8. The Balaban J connectivity index is 1.86. The second-order valence-electron chi connectivity index (χ2n) is 5.88. The van der Waals surface area contributed by atoms with Crippen molar-refractivity contribution in [2.24, 2.45) is 0 Å². The number of hydrogen-bond acceptors (Lipinski definition) is 6. The number of nitrogens with one attached hydrogen (secondary N) is 1. The second kappa shape index (κ2) is 6.78. The van der Waals surface area contributed by atoms with Gasteiger partial charge in [0.25, 0.3) is 0 Å². The highest BCUT2D eigenvalue weighted by Crippen LogP contribution is 2.38. The molecule has 0 saturated carbocycles. The number of aromatic amines is 1. The summed E-state index contributed by atoms with van der Waals surface area (Å²) in [6.07, 6.45) is -0.596. The lowest BCUT2D eigenvalue weighted by Gasteiger charge is -2.09. The van der Waals surface area contributed by atoms with Gasteiger partial charge >= 0.3 is 0 Å². The number of aromatic nitrogens is 3. The van der Waals surface area contributed by atoms with E-state index in [1.54, 1.807) is 14.2 Å². The molecule has 0 radical (unpaired) electrons. The normalized spacial score (nSPS) is 12.8. The first-order chi connectivity index (χ1) is 12.7. The first kappa shape index (κ1) is 16.6. The van der Waals surface area contributed by atoms with Crippen molar-refractivity contribution in [2.75, 3.05) is 21.0 Å². The van der Waals surface area contributed by atoms with Crippen molar-refractivity contribution in [3.8, 4) is 34.1 Å². The molecule has 26 heavy (non-hydrogen) atoms. The van der Waals surface area contributed by atoms with Crippen LogP contribution in [-0.2, 0) is 9.47 Å². The molecule has 0 saturated heterocycles. The summed E-state index contributed by atoms with van der Waals surface area (Å²) in [5.41, 5.74) is 4.14. The van der Waals surface area contributed by atoms with E-state index in [1.165, 1.54) is 0 Å². The van der Waals surface area contributed by atoms with Crippen molar-refractivity contribution in [3.05, 3.63) is 47.9 Å². The van der Waals surface area contributed by atoms with E-state index >= 15 is 0 Å². The van der Waals surface area contributed by atoms with E-state index in [2.05, 4.69) is 9.97 Å².